The molecule has 11 heteroatoms. The number of anilines is 1. The van der Waals surface area contributed by atoms with Crippen molar-refractivity contribution in [2.75, 3.05) is 44.2 Å². The SMILES string of the molecule is O=C1CCN(c2ccc(OC(F)(F)F)c(Cl)c2)CCN1CCCC(=O)N1CCC2(CC2)[C@H](O)C1. The minimum atomic E-state index is -4.82. The average molecular weight is 504 g/mol. The highest BCUT2D eigenvalue weighted by atomic mass is 35.5. The minimum absolute atomic E-state index is 0.00857. The van der Waals surface area contributed by atoms with Gasteiger partial charge in [-0.05, 0) is 49.3 Å². The molecule has 1 aliphatic carbocycles. The quantitative estimate of drug-likeness (QED) is 0.644. The number of carbonyl (C=O) groups excluding carboxylic acids is 2. The minimum Gasteiger partial charge on any atom is -0.404 e. The molecule has 0 bridgehead atoms. The molecule has 1 aromatic rings. The average Bonchev–Trinajstić information content (AvgIpc) is 3.57. The monoisotopic (exact) mass is 503 g/mol. The number of alkyl halides is 3. The highest BCUT2D eigenvalue weighted by molar-refractivity contribution is 6.32. The van der Waals surface area contributed by atoms with E-state index in [4.69, 9.17) is 11.6 Å². The van der Waals surface area contributed by atoms with E-state index in [0.717, 1.165) is 19.3 Å². The van der Waals surface area contributed by atoms with E-state index in [1.165, 1.54) is 18.2 Å². The number of aliphatic hydroxyl groups excluding tert-OH is 1. The Hall–Kier alpha value is -2.20. The van der Waals surface area contributed by atoms with Gasteiger partial charge in [-0.3, -0.25) is 9.59 Å². The number of halogens is 4. The molecule has 2 heterocycles. The lowest BCUT2D eigenvalue weighted by Gasteiger charge is -2.36. The van der Waals surface area contributed by atoms with Gasteiger partial charge in [0.05, 0.1) is 11.1 Å². The van der Waals surface area contributed by atoms with Crippen LogP contribution in [0.1, 0.15) is 38.5 Å². The molecule has 3 aliphatic rings. The summed E-state index contributed by atoms with van der Waals surface area (Å²) >= 11 is 5.96. The van der Waals surface area contributed by atoms with E-state index in [2.05, 4.69) is 4.74 Å². The van der Waals surface area contributed by atoms with Crippen molar-refractivity contribution in [1.82, 2.24) is 9.80 Å². The van der Waals surface area contributed by atoms with Crippen LogP contribution in [0, 0.1) is 5.41 Å². The predicted molar refractivity (Wildman–Crippen MR) is 120 cm³/mol. The van der Waals surface area contributed by atoms with E-state index >= 15 is 0 Å². The van der Waals surface area contributed by atoms with Gasteiger partial charge in [0.15, 0.2) is 0 Å². The summed E-state index contributed by atoms with van der Waals surface area (Å²) < 4.78 is 41.3. The number of ether oxygens (including phenoxy) is 1. The van der Waals surface area contributed by atoms with E-state index in [1.54, 1.807) is 9.80 Å². The molecular formula is C23H29ClF3N3O4. The normalized spacial score (nSPS) is 22.7. The van der Waals surface area contributed by atoms with Crippen LogP contribution in [0.25, 0.3) is 0 Å². The van der Waals surface area contributed by atoms with Gasteiger partial charge in [0.2, 0.25) is 11.8 Å². The first-order valence-corrected chi connectivity index (χ1v) is 12.0. The van der Waals surface area contributed by atoms with Gasteiger partial charge >= 0.3 is 6.36 Å². The third kappa shape index (κ3) is 5.89. The summed E-state index contributed by atoms with van der Waals surface area (Å²) in [6.07, 6.45) is -1.20. The Kier molecular flexibility index (Phi) is 7.19. The standard InChI is InChI=1S/C23H29ClF3N3O4/c24-17-14-16(3-4-18(17)34-23(25,26)27)28-10-5-21(33)29(13-12-28)9-1-2-20(32)30-11-8-22(6-7-22)19(31)15-30/h3-4,14,19,31H,1-2,5-13,15H2/t19-/m1/s1. The van der Waals surface area contributed by atoms with Gasteiger partial charge in [-0.25, -0.2) is 0 Å². The molecule has 3 fully saturated rings. The lowest BCUT2D eigenvalue weighted by molar-refractivity contribution is -0.274. The predicted octanol–water partition coefficient (Wildman–Crippen LogP) is 3.43. The molecule has 0 radical (unpaired) electrons. The van der Waals surface area contributed by atoms with Gasteiger partial charge in [0.25, 0.3) is 0 Å². The van der Waals surface area contributed by atoms with E-state index < -0.39 is 18.2 Å². The molecule has 0 unspecified atom stereocenters. The van der Waals surface area contributed by atoms with E-state index in [1.807, 2.05) is 4.90 Å². The zero-order valence-corrected chi connectivity index (χ0v) is 19.6. The van der Waals surface area contributed by atoms with Crippen molar-refractivity contribution in [3.8, 4) is 5.75 Å². The van der Waals surface area contributed by atoms with Crippen LogP contribution in [0.3, 0.4) is 0 Å². The first kappa shape index (κ1) is 24.9. The summed E-state index contributed by atoms with van der Waals surface area (Å²) in [6, 6.07) is 4.06. The maximum Gasteiger partial charge on any atom is 0.573 e. The van der Waals surface area contributed by atoms with Crippen molar-refractivity contribution in [2.24, 2.45) is 5.41 Å². The summed E-state index contributed by atoms with van der Waals surface area (Å²) in [5, 5.41) is 10.1. The fourth-order valence-electron chi connectivity index (χ4n) is 4.82. The first-order valence-electron chi connectivity index (χ1n) is 11.6. The molecule has 34 heavy (non-hydrogen) atoms. The Morgan fingerprint density at radius 2 is 1.94 bits per heavy atom. The molecule has 7 nitrogen and oxygen atoms in total. The smallest absolute Gasteiger partial charge is 0.404 e. The molecule has 2 aliphatic heterocycles. The molecule has 1 atom stereocenters. The zero-order valence-electron chi connectivity index (χ0n) is 18.8. The second-order valence-electron chi connectivity index (χ2n) is 9.35. The highest BCUT2D eigenvalue weighted by Crippen LogP contribution is 2.53. The number of aliphatic hydroxyl groups is 1. The fourth-order valence-corrected chi connectivity index (χ4v) is 5.04. The number of benzene rings is 1. The first-order chi connectivity index (χ1) is 16.1. The summed E-state index contributed by atoms with van der Waals surface area (Å²) in [5.41, 5.74) is 0.665. The van der Waals surface area contributed by atoms with Crippen molar-refractivity contribution in [2.45, 2.75) is 51.0 Å². The molecule has 1 N–H and O–H groups in total. The number of amides is 2. The van der Waals surface area contributed by atoms with E-state index in [0.29, 0.717) is 57.8 Å². The van der Waals surface area contributed by atoms with Crippen molar-refractivity contribution >= 4 is 29.1 Å². The van der Waals surface area contributed by atoms with Gasteiger partial charge in [-0.15, -0.1) is 13.2 Å². The van der Waals surface area contributed by atoms with Crippen LogP contribution >= 0.6 is 11.6 Å². The van der Waals surface area contributed by atoms with Gasteiger partial charge < -0.3 is 24.5 Å². The highest BCUT2D eigenvalue weighted by Gasteiger charge is 2.51. The van der Waals surface area contributed by atoms with Crippen LogP contribution in [0.15, 0.2) is 18.2 Å². The third-order valence-electron chi connectivity index (χ3n) is 7.14. The molecule has 1 aromatic carbocycles. The van der Waals surface area contributed by atoms with Gasteiger partial charge in [0, 0.05) is 57.8 Å². The second kappa shape index (κ2) is 9.81. The number of hydrogen-bond donors (Lipinski definition) is 1. The molecule has 1 spiro atoms. The number of piperidine rings is 1. The molecule has 188 valence electrons. The van der Waals surface area contributed by atoms with Crippen molar-refractivity contribution in [3.63, 3.8) is 0 Å². The van der Waals surface area contributed by atoms with Crippen LogP contribution in [0.5, 0.6) is 5.75 Å². The van der Waals surface area contributed by atoms with Crippen LogP contribution in [-0.4, -0.2) is 78.5 Å². The molecular weight excluding hydrogens is 475 g/mol. The maximum atomic E-state index is 12.6. The molecule has 2 saturated heterocycles. The fraction of sp³-hybridized carbons (Fsp3) is 0.652. The van der Waals surface area contributed by atoms with Crippen LogP contribution < -0.4 is 9.64 Å². The van der Waals surface area contributed by atoms with E-state index in [9.17, 15) is 27.9 Å². The topological polar surface area (TPSA) is 73.3 Å². The largest absolute Gasteiger partial charge is 0.573 e. The second-order valence-corrected chi connectivity index (χ2v) is 9.76. The lowest BCUT2D eigenvalue weighted by Crippen LogP contribution is -2.47. The zero-order chi connectivity index (χ0) is 24.5. The summed E-state index contributed by atoms with van der Waals surface area (Å²) in [6.45, 7) is 2.89. The summed E-state index contributed by atoms with van der Waals surface area (Å²) in [4.78, 5) is 30.5. The van der Waals surface area contributed by atoms with Gasteiger partial charge in [-0.2, -0.15) is 0 Å². The number of nitrogens with zero attached hydrogens (tertiary/aromatic N) is 3. The van der Waals surface area contributed by atoms with Crippen LogP contribution in [0.4, 0.5) is 18.9 Å². The number of likely N-dealkylation sites (tertiary alicyclic amines) is 1. The summed E-state index contributed by atoms with van der Waals surface area (Å²) in [7, 11) is 0. The molecule has 0 aromatic heterocycles. The maximum absolute atomic E-state index is 12.6. The number of hydrogen-bond acceptors (Lipinski definition) is 5. The van der Waals surface area contributed by atoms with Crippen LogP contribution in [-0.2, 0) is 9.59 Å². The Bertz CT molecular complexity index is 925. The van der Waals surface area contributed by atoms with Gasteiger partial charge in [-0.1, -0.05) is 11.6 Å². The van der Waals surface area contributed by atoms with Crippen molar-refractivity contribution < 1.29 is 32.6 Å². The molecule has 2 amide bonds. The van der Waals surface area contributed by atoms with Crippen molar-refractivity contribution in [1.29, 1.82) is 0 Å². The molecule has 1 saturated carbocycles. The number of rotatable bonds is 6. The summed E-state index contributed by atoms with van der Waals surface area (Å²) in [5.74, 6) is -0.486. The number of carbonyl (C=O) groups is 2. The number of β-amino-alcohol motifs (C(OH)–C–C–N with tert-alkyl or cyclic N) is 1. The van der Waals surface area contributed by atoms with Crippen molar-refractivity contribution in [3.05, 3.63) is 23.2 Å². The Morgan fingerprint density at radius 3 is 2.59 bits per heavy atom. The van der Waals surface area contributed by atoms with Gasteiger partial charge in [0.1, 0.15) is 5.75 Å². The Labute approximate surface area is 201 Å². The Morgan fingerprint density at radius 1 is 1.18 bits per heavy atom. The Balaban J connectivity index is 1.25. The lowest BCUT2D eigenvalue weighted by atomic mass is 9.90. The molecule has 4 rings (SSSR count). The third-order valence-corrected chi connectivity index (χ3v) is 7.43. The van der Waals surface area contributed by atoms with Crippen LogP contribution in [0.2, 0.25) is 5.02 Å². The van der Waals surface area contributed by atoms with E-state index in [-0.39, 0.29) is 28.7 Å².